The second-order valence-electron chi connectivity index (χ2n) is 5.27. The van der Waals surface area contributed by atoms with Crippen molar-refractivity contribution in [3.8, 4) is 11.4 Å². The zero-order valence-electron chi connectivity index (χ0n) is 13.7. The van der Waals surface area contributed by atoms with Crippen molar-refractivity contribution in [3.63, 3.8) is 0 Å². The summed E-state index contributed by atoms with van der Waals surface area (Å²) >= 11 is 11.9. The molecule has 5 nitrogen and oxygen atoms in total. The molecule has 0 saturated heterocycles. The summed E-state index contributed by atoms with van der Waals surface area (Å²) in [5.41, 5.74) is 1.08. The van der Waals surface area contributed by atoms with Crippen LogP contribution in [0.2, 0.25) is 10.0 Å². The van der Waals surface area contributed by atoms with E-state index in [4.69, 9.17) is 27.9 Å². The fourth-order valence-electron chi connectivity index (χ4n) is 2.27. The predicted octanol–water partition coefficient (Wildman–Crippen LogP) is 4.97. The molecule has 0 aliphatic carbocycles. The number of ether oxygens (including phenoxy) is 1. The largest absolute Gasteiger partial charge is 0.490 e. The normalized spacial score (nSPS) is 10.6. The molecule has 0 saturated carbocycles. The summed E-state index contributed by atoms with van der Waals surface area (Å²) < 4.78 is 20.0. The molecule has 8 heteroatoms. The summed E-state index contributed by atoms with van der Waals surface area (Å²) in [6.45, 7) is 2.16. The molecule has 1 aromatic heterocycles. The Bertz CT molecular complexity index is 942. The SMILES string of the molecule is CCOc1cn(-c2ccc(F)cc2)nc1C(=O)Nc1ccc(Cl)cc1Cl. The van der Waals surface area contributed by atoms with Crippen molar-refractivity contribution >= 4 is 34.8 Å². The number of benzene rings is 2. The van der Waals surface area contributed by atoms with Gasteiger partial charge in [-0.05, 0) is 49.4 Å². The minimum atomic E-state index is -0.487. The number of aromatic nitrogens is 2. The van der Waals surface area contributed by atoms with Crippen LogP contribution in [0.3, 0.4) is 0 Å². The van der Waals surface area contributed by atoms with Crippen LogP contribution in [0, 0.1) is 5.82 Å². The summed E-state index contributed by atoms with van der Waals surface area (Å²) in [6, 6.07) is 10.5. The maximum Gasteiger partial charge on any atom is 0.280 e. The van der Waals surface area contributed by atoms with Crippen molar-refractivity contribution < 1.29 is 13.9 Å². The van der Waals surface area contributed by atoms with Crippen LogP contribution >= 0.6 is 23.2 Å². The number of hydrogen-bond acceptors (Lipinski definition) is 3. The van der Waals surface area contributed by atoms with Gasteiger partial charge in [0.15, 0.2) is 11.4 Å². The first-order chi connectivity index (χ1) is 12.5. The average molecular weight is 394 g/mol. The molecule has 0 aliphatic rings. The topological polar surface area (TPSA) is 56.2 Å². The van der Waals surface area contributed by atoms with Crippen molar-refractivity contribution in [1.29, 1.82) is 0 Å². The second kappa shape index (κ2) is 7.76. The van der Waals surface area contributed by atoms with E-state index in [1.54, 1.807) is 37.4 Å². The van der Waals surface area contributed by atoms with Crippen LogP contribution in [-0.4, -0.2) is 22.3 Å². The molecular weight excluding hydrogens is 380 g/mol. The van der Waals surface area contributed by atoms with Crippen LogP contribution in [0.1, 0.15) is 17.4 Å². The molecule has 0 aliphatic heterocycles. The summed E-state index contributed by atoms with van der Waals surface area (Å²) in [5.74, 6) is -0.542. The fourth-order valence-corrected chi connectivity index (χ4v) is 2.73. The van der Waals surface area contributed by atoms with Gasteiger partial charge in [0.2, 0.25) is 0 Å². The second-order valence-corrected chi connectivity index (χ2v) is 6.12. The molecule has 0 atom stereocenters. The zero-order valence-corrected chi connectivity index (χ0v) is 15.2. The predicted molar refractivity (Wildman–Crippen MR) is 99.1 cm³/mol. The Hall–Kier alpha value is -2.57. The molecule has 0 bridgehead atoms. The molecule has 1 amide bonds. The highest BCUT2D eigenvalue weighted by molar-refractivity contribution is 6.36. The van der Waals surface area contributed by atoms with Crippen LogP contribution in [0.5, 0.6) is 5.75 Å². The van der Waals surface area contributed by atoms with Crippen molar-refractivity contribution in [2.24, 2.45) is 0 Å². The van der Waals surface area contributed by atoms with E-state index in [0.717, 1.165) is 0 Å². The molecule has 3 aromatic rings. The highest BCUT2D eigenvalue weighted by Crippen LogP contribution is 2.27. The number of nitrogens with zero attached hydrogens (tertiary/aromatic N) is 2. The van der Waals surface area contributed by atoms with E-state index >= 15 is 0 Å². The van der Waals surface area contributed by atoms with Gasteiger partial charge in [-0.3, -0.25) is 4.79 Å². The summed E-state index contributed by atoms with van der Waals surface area (Å²) in [5, 5.41) is 7.71. The third-order valence-corrected chi connectivity index (χ3v) is 4.01. The molecule has 0 unspecified atom stereocenters. The highest BCUT2D eigenvalue weighted by atomic mass is 35.5. The maximum absolute atomic E-state index is 13.1. The van der Waals surface area contributed by atoms with Gasteiger partial charge in [0.1, 0.15) is 5.82 Å². The monoisotopic (exact) mass is 393 g/mol. The van der Waals surface area contributed by atoms with E-state index in [-0.39, 0.29) is 11.5 Å². The number of halogens is 3. The van der Waals surface area contributed by atoms with Crippen molar-refractivity contribution in [3.05, 3.63) is 70.2 Å². The van der Waals surface area contributed by atoms with Crippen molar-refractivity contribution in [1.82, 2.24) is 9.78 Å². The molecule has 134 valence electrons. The molecule has 1 heterocycles. The van der Waals surface area contributed by atoms with Crippen molar-refractivity contribution in [2.45, 2.75) is 6.92 Å². The zero-order chi connectivity index (χ0) is 18.7. The number of anilines is 1. The Morgan fingerprint density at radius 2 is 1.96 bits per heavy atom. The Balaban J connectivity index is 1.92. The maximum atomic E-state index is 13.1. The van der Waals surface area contributed by atoms with E-state index in [1.165, 1.54) is 22.9 Å². The van der Waals surface area contributed by atoms with Gasteiger partial charge in [0, 0.05) is 5.02 Å². The van der Waals surface area contributed by atoms with Gasteiger partial charge in [0.25, 0.3) is 5.91 Å². The van der Waals surface area contributed by atoms with Crippen LogP contribution in [-0.2, 0) is 0 Å². The van der Waals surface area contributed by atoms with Crippen molar-refractivity contribution in [2.75, 3.05) is 11.9 Å². The lowest BCUT2D eigenvalue weighted by Gasteiger charge is -2.07. The average Bonchev–Trinajstić information content (AvgIpc) is 3.02. The smallest absolute Gasteiger partial charge is 0.280 e. The number of nitrogens with one attached hydrogen (secondary N) is 1. The Morgan fingerprint density at radius 1 is 1.23 bits per heavy atom. The van der Waals surface area contributed by atoms with Crippen LogP contribution < -0.4 is 10.1 Å². The molecule has 26 heavy (non-hydrogen) atoms. The Morgan fingerprint density at radius 3 is 2.62 bits per heavy atom. The number of carbonyl (C=O) groups is 1. The fraction of sp³-hybridized carbons (Fsp3) is 0.111. The Kier molecular flexibility index (Phi) is 5.44. The van der Waals surface area contributed by atoms with Gasteiger partial charge in [-0.25, -0.2) is 9.07 Å². The number of carbonyl (C=O) groups excluding carboxylic acids is 1. The first-order valence-electron chi connectivity index (χ1n) is 7.72. The van der Waals surface area contributed by atoms with Crippen LogP contribution in [0.15, 0.2) is 48.7 Å². The molecule has 2 aromatic carbocycles. The molecular formula is C18H14Cl2FN3O2. The van der Waals surface area contributed by atoms with E-state index < -0.39 is 5.91 Å². The van der Waals surface area contributed by atoms with E-state index in [0.29, 0.717) is 33.8 Å². The first kappa shape index (κ1) is 18.2. The van der Waals surface area contributed by atoms with Gasteiger partial charge < -0.3 is 10.1 Å². The lowest BCUT2D eigenvalue weighted by Crippen LogP contribution is -2.14. The van der Waals surface area contributed by atoms with Crippen LogP contribution in [0.4, 0.5) is 10.1 Å². The van der Waals surface area contributed by atoms with Gasteiger partial charge >= 0.3 is 0 Å². The molecule has 0 radical (unpaired) electrons. The first-order valence-corrected chi connectivity index (χ1v) is 8.48. The van der Waals surface area contributed by atoms with Gasteiger partial charge in [-0.15, -0.1) is 0 Å². The quantitative estimate of drug-likeness (QED) is 0.665. The van der Waals surface area contributed by atoms with Crippen LogP contribution in [0.25, 0.3) is 5.69 Å². The minimum Gasteiger partial charge on any atom is -0.490 e. The standard InChI is InChI=1S/C18H14Cl2FN3O2/c1-2-26-16-10-24(13-6-4-12(21)5-7-13)23-17(16)18(25)22-15-8-3-11(19)9-14(15)20/h3-10H,2H2,1H3,(H,22,25). The molecule has 0 spiro atoms. The molecule has 0 fully saturated rings. The Labute approximate surface area is 159 Å². The lowest BCUT2D eigenvalue weighted by atomic mass is 10.3. The summed E-state index contributed by atoms with van der Waals surface area (Å²) in [4.78, 5) is 12.6. The summed E-state index contributed by atoms with van der Waals surface area (Å²) in [6.07, 6.45) is 1.56. The third-order valence-electron chi connectivity index (χ3n) is 3.47. The molecule has 1 N–H and O–H groups in total. The minimum absolute atomic E-state index is 0.0854. The number of amides is 1. The van der Waals surface area contributed by atoms with Gasteiger partial charge in [-0.1, -0.05) is 23.2 Å². The third kappa shape index (κ3) is 3.98. The van der Waals surface area contributed by atoms with E-state index in [1.807, 2.05) is 0 Å². The van der Waals surface area contributed by atoms with Gasteiger partial charge in [0.05, 0.1) is 29.2 Å². The molecule has 3 rings (SSSR count). The number of rotatable bonds is 5. The lowest BCUT2D eigenvalue weighted by molar-refractivity contribution is 0.101. The van der Waals surface area contributed by atoms with Gasteiger partial charge in [-0.2, -0.15) is 5.10 Å². The summed E-state index contributed by atoms with van der Waals surface area (Å²) in [7, 11) is 0. The van der Waals surface area contributed by atoms with E-state index in [2.05, 4.69) is 10.4 Å². The van der Waals surface area contributed by atoms with E-state index in [9.17, 15) is 9.18 Å². The number of hydrogen-bond donors (Lipinski definition) is 1. The highest BCUT2D eigenvalue weighted by Gasteiger charge is 2.20.